The van der Waals surface area contributed by atoms with Crippen LogP contribution in [0, 0.1) is 0 Å². The Bertz CT molecular complexity index is 709. The van der Waals surface area contributed by atoms with Gasteiger partial charge in [-0.25, -0.2) is 0 Å². The monoisotopic (exact) mass is 334 g/mol. The van der Waals surface area contributed by atoms with Crippen molar-refractivity contribution in [2.24, 2.45) is 0 Å². The van der Waals surface area contributed by atoms with E-state index in [9.17, 15) is 13.2 Å². The minimum atomic E-state index is -4.58. The third kappa shape index (κ3) is 5.31. The van der Waals surface area contributed by atoms with Crippen LogP contribution >= 0.6 is 11.6 Å². The molecule has 2 N–H and O–H groups in total. The highest BCUT2D eigenvalue weighted by atomic mass is 35.5. The van der Waals surface area contributed by atoms with Gasteiger partial charge in [0.15, 0.2) is 0 Å². The van der Waals surface area contributed by atoms with Crippen LogP contribution in [0.1, 0.15) is 5.69 Å². The summed E-state index contributed by atoms with van der Waals surface area (Å²) in [6.07, 6.45) is -3.60. The molecule has 6 nitrogen and oxygen atoms in total. The molecule has 0 amide bonds. The van der Waals surface area contributed by atoms with Crippen LogP contribution in [0.3, 0.4) is 0 Å². The number of pyridine rings is 1. The number of nitrogens with zero attached hydrogens (tertiary/aromatic N) is 4. The van der Waals surface area contributed by atoms with Gasteiger partial charge < -0.3 is 10.6 Å². The summed E-state index contributed by atoms with van der Waals surface area (Å²) in [5, 5.41) is 2.80. The maximum atomic E-state index is 12.6. The Balaban J connectivity index is 2.27. The molecule has 0 bridgehead atoms. The van der Waals surface area contributed by atoms with Crippen LogP contribution in [0.15, 0.2) is 18.3 Å². The van der Waals surface area contributed by atoms with Gasteiger partial charge in [-0.05, 0) is 23.7 Å². The van der Waals surface area contributed by atoms with Gasteiger partial charge in [-0.3, -0.25) is 4.98 Å². The molecule has 6 radical (unpaired) electrons. The average molecular weight is 334 g/mol. The van der Waals surface area contributed by atoms with Crippen molar-refractivity contribution in [2.75, 3.05) is 10.6 Å². The summed E-state index contributed by atoms with van der Waals surface area (Å²) in [5.41, 5.74) is -1.04. The lowest BCUT2D eigenvalue weighted by Crippen LogP contribution is -2.40. The number of rotatable bonds is 4. The van der Waals surface area contributed by atoms with Crippen molar-refractivity contribution in [2.45, 2.75) is 11.4 Å². The van der Waals surface area contributed by atoms with Crippen LogP contribution in [0.5, 0.6) is 0 Å². The van der Waals surface area contributed by atoms with Crippen LogP contribution in [-0.2, 0) is 6.18 Å². The molecule has 2 heterocycles. The number of hydrogen-bond acceptors (Lipinski definition) is 6. The van der Waals surface area contributed by atoms with Crippen LogP contribution in [0.4, 0.5) is 30.8 Å². The van der Waals surface area contributed by atoms with Gasteiger partial charge >= 0.3 is 6.18 Å². The van der Waals surface area contributed by atoms with Crippen molar-refractivity contribution < 1.29 is 13.2 Å². The first-order chi connectivity index (χ1) is 10.5. The zero-order chi connectivity index (χ0) is 17.3. The van der Waals surface area contributed by atoms with Crippen molar-refractivity contribution >= 4 is 52.7 Å². The molecular formula is C10H5B3ClF3N6. The molecule has 0 saturated heterocycles. The topological polar surface area (TPSA) is 75.6 Å². The Labute approximate surface area is 137 Å². The Morgan fingerprint density at radius 3 is 2.30 bits per heavy atom. The maximum absolute atomic E-state index is 12.6. The fourth-order valence-electron chi connectivity index (χ4n) is 1.45. The molecule has 0 atom stereocenters. The highest BCUT2D eigenvalue weighted by Crippen LogP contribution is 2.29. The molecule has 0 aliphatic carbocycles. The summed E-state index contributed by atoms with van der Waals surface area (Å²) in [4.78, 5) is 14.5. The number of hydrogen-bond donors (Lipinski definition) is 2. The lowest BCUT2D eigenvalue weighted by atomic mass is 9.49. The van der Waals surface area contributed by atoms with Crippen molar-refractivity contribution in [1.82, 2.24) is 19.9 Å². The standard InChI is InChI=1S/C10H5B3ClF3N6/c11-10(12,13)23-8-21-6(14)20-7(22-8)19-4-1-2-18-5(3-4)9(15,16)17/h1-3H,(H2,18,19,20,21,22,23). The van der Waals surface area contributed by atoms with Gasteiger partial charge in [0.2, 0.25) is 17.2 Å². The summed E-state index contributed by atoms with van der Waals surface area (Å²) in [6, 6.07) is 2.07. The number of nitrogens with one attached hydrogen (secondary N) is 2. The van der Waals surface area contributed by atoms with E-state index in [1.165, 1.54) is 6.07 Å². The smallest absolute Gasteiger partial charge is 0.374 e. The normalized spacial score (nSPS) is 12.0. The zero-order valence-electron chi connectivity index (χ0n) is 11.3. The molecule has 2 rings (SSSR count). The number of alkyl halides is 3. The fourth-order valence-corrected chi connectivity index (χ4v) is 1.61. The van der Waals surface area contributed by atoms with Gasteiger partial charge in [0, 0.05) is 11.9 Å². The summed E-state index contributed by atoms with van der Waals surface area (Å²) in [6.45, 7) is 0. The van der Waals surface area contributed by atoms with Gasteiger partial charge in [-0.2, -0.15) is 28.1 Å². The van der Waals surface area contributed by atoms with Crippen LogP contribution in [0.25, 0.3) is 0 Å². The molecule has 23 heavy (non-hydrogen) atoms. The van der Waals surface area contributed by atoms with E-state index in [1.54, 1.807) is 0 Å². The number of halogens is 4. The summed E-state index contributed by atoms with van der Waals surface area (Å²) < 4.78 is 37.8. The molecule has 112 valence electrons. The van der Waals surface area contributed by atoms with Crippen molar-refractivity contribution in [3.63, 3.8) is 0 Å². The van der Waals surface area contributed by atoms with Gasteiger partial charge in [-0.1, -0.05) is 5.24 Å². The number of anilines is 3. The summed E-state index contributed by atoms with van der Waals surface area (Å²) >= 11 is 5.69. The first-order valence-corrected chi connectivity index (χ1v) is 6.27. The third-order valence-corrected chi connectivity index (χ3v) is 2.41. The van der Waals surface area contributed by atoms with Crippen molar-refractivity contribution in [3.8, 4) is 0 Å². The van der Waals surface area contributed by atoms with E-state index in [0.29, 0.717) is 0 Å². The fraction of sp³-hybridized carbons (Fsp3) is 0.200. The highest BCUT2D eigenvalue weighted by Gasteiger charge is 2.32. The molecule has 0 aromatic carbocycles. The van der Waals surface area contributed by atoms with E-state index < -0.39 is 17.1 Å². The first kappa shape index (κ1) is 17.4. The first-order valence-electron chi connectivity index (χ1n) is 5.89. The molecule has 0 unspecified atom stereocenters. The Morgan fingerprint density at radius 1 is 1.04 bits per heavy atom. The molecule has 13 heteroatoms. The van der Waals surface area contributed by atoms with Gasteiger partial charge in [0.05, 0.1) is 23.5 Å². The zero-order valence-corrected chi connectivity index (χ0v) is 12.0. The molecule has 0 aliphatic rings. The highest BCUT2D eigenvalue weighted by molar-refractivity contribution is 6.60. The van der Waals surface area contributed by atoms with Gasteiger partial charge in [-0.15, -0.1) is 0 Å². The van der Waals surface area contributed by atoms with Crippen LogP contribution in [-0.4, -0.2) is 48.7 Å². The van der Waals surface area contributed by atoms with E-state index in [2.05, 4.69) is 30.6 Å². The van der Waals surface area contributed by atoms with E-state index in [0.717, 1.165) is 12.3 Å². The second-order valence-corrected chi connectivity index (χ2v) is 4.70. The molecule has 0 aliphatic heterocycles. The molecule has 2 aromatic heterocycles. The second-order valence-electron chi connectivity index (χ2n) is 4.36. The Hall–Kier alpha value is -1.97. The van der Waals surface area contributed by atoms with Crippen LogP contribution < -0.4 is 10.6 Å². The minimum absolute atomic E-state index is 0.0417. The lowest BCUT2D eigenvalue weighted by molar-refractivity contribution is -0.141. The van der Waals surface area contributed by atoms with Crippen LogP contribution in [0.2, 0.25) is 5.28 Å². The van der Waals surface area contributed by atoms with Gasteiger partial charge in [0.25, 0.3) is 0 Å². The predicted molar refractivity (Wildman–Crippen MR) is 81.0 cm³/mol. The predicted octanol–water partition coefficient (Wildman–Crippen LogP) is 1.21. The molecule has 2 aromatic rings. The molecule has 0 saturated carbocycles. The number of aromatic nitrogens is 4. The quantitative estimate of drug-likeness (QED) is 0.819. The Morgan fingerprint density at radius 2 is 1.70 bits per heavy atom. The molecular weight excluding hydrogens is 329 g/mol. The molecule has 0 spiro atoms. The van der Waals surface area contributed by atoms with E-state index in [4.69, 9.17) is 35.1 Å². The largest absolute Gasteiger partial charge is 0.433 e. The maximum Gasteiger partial charge on any atom is 0.433 e. The summed E-state index contributed by atoms with van der Waals surface area (Å²) in [7, 11) is 16.0. The van der Waals surface area contributed by atoms with E-state index in [-0.39, 0.29) is 22.9 Å². The van der Waals surface area contributed by atoms with Gasteiger partial charge in [0.1, 0.15) is 5.69 Å². The minimum Gasteiger partial charge on any atom is -0.374 e. The lowest BCUT2D eigenvalue weighted by Gasteiger charge is -2.22. The Kier molecular flexibility index (Phi) is 4.74. The molecule has 0 fully saturated rings. The average Bonchev–Trinajstić information content (AvgIpc) is 2.35. The van der Waals surface area contributed by atoms with E-state index in [1.807, 2.05) is 0 Å². The van der Waals surface area contributed by atoms with Crippen molar-refractivity contribution in [1.29, 1.82) is 0 Å². The second kappa shape index (κ2) is 6.27. The third-order valence-electron chi connectivity index (χ3n) is 2.24. The SMILES string of the molecule is [B]C([B])([B])Nc1nc(Cl)nc(Nc2ccnc(C(F)(F)F)c2)n1. The summed E-state index contributed by atoms with van der Waals surface area (Å²) in [5.74, 6) is -0.304. The van der Waals surface area contributed by atoms with E-state index >= 15 is 0 Å². The van der Waals surface area contributed by atoms with Crippen molar-refractivity contribution in [3.05, 3.63) is 29.3 Å².